The van der Waals surface area contributed by atoms with Gasteiger partial charge in [-0.15, -0.1) is 0 Å². The van der Waals surface area contributed by atoms with Crippen LogP contribution < -0.4 is 9.92 Å². The van der Waals surface area contributed by atoms with Crippen molar-refractivity contribution in [3.63, 3.8) is 0 Å². The molecular weight excluding hydrogens is 312 g/mol. The molecule has 3 aromatic rings. The topological polar surface area (TPSA) is 22.4 Å². The third kappa shape index (κ3) is 3.27. The molecule has 0 radical (unpaired) electrons. The molecule has 0 spiro atoms. The molecule has 3 heteroatoms. The molecule has 0 atom stereocenters. The summed E-state index contributed by atoms with van der Waals surface area (Å²) in [6.07, 6.45) is 1.73. The van der Waals surface area contributed by atoms with Crippen LogP contribution in [0.15, 0.2) is 53.1 Å². The van der Waals surface area contributed by atoms with Gasteiger partial charge in [-0.1, -0.05) is 64.7 Å². The maximum Gasteiger partial charge on any atom is 0.176 e. The van der Waals surface area contributed by atoms with Crippen LogP contribution in [0.25, 0.3) is 11.0 Å². The number of hydrogen-bond donors (Lipinski definition) is 0. The molecule has 0 aliphatic carbocycles. The zero-order valence-corrected chi connectivity index (χ0v) is 16.4. The molecule has 0 N–H and O–H groups in total. The van der Waals surface area contributed by atoms with Crippen LogP contribution >= 0.6 is 0 Å². The maximum absolute atomic E-state index is 6.32. The summed E-state index contributed by atoms with van der Waals surface area (Å²) in [4.78, 5) is 0. The van der Waals surface area contributed by atoms with Crippen LogP contribution in [0.1, 0.15) is 26.3 Å². The Bertz CT molecular complexity index is 846. The SMILES string of the molecule is CC(C)(C)c1ccc(Oc2c([Si](C)(C)C)ccc3ccoc23)cc1. The van der Waals surface area contributed by atoms with Crippen molar-refractivity contribution in [2.24, 2.45) is 0 Å². The molecule has 3 rings (SSSR count). The summed E-state index contributed by atoms with van der Waals surface area (Å²) in [5, 5.41) is 2.36. The van der Waals surface area contributed by atoms with E-state index < -0.39 is 8.07 Å². The second-order valence-corrected chi connectivity index (χ2v) is 13.4. The van der Waals surface area contributed by atoms with E-state index in [1.807, 2.05) is 6.07 Å². The van der Waals surface area contributed by atoms with Crippen molar-refractivity contribution in [1.29, 1.82) is 0 Å². The lowest BCUT2D eigenvalue weighted by Gasteiger charge is -2.22. The summed E-state index contributed by atoms with van der Waals surface area (Å²) in [6, 6.07) is 14.7. The predicted octanol–water partition coefficient (Wildman–Crippen LogP) is 6.07. The van der Waals surface area contributed by atoms with E-state index in [1.165, 1.54) is 10.8 Å². The monoisotopic (exact) mass is 338 g/mol. The van der Waals surface area contributed by atoms with Gasteiger partial charge in [0.05, 0.1) is 14.3 Å². The molecule has 1 heterocycles. The quantitative estimate of drug-likeness (QED) is 0.541. The lowest BCUT2D eigenvalue weighted by atomic mass is 9.87. The van der Waals surface area contributed by atoms with E-state index in [0.29, 0.717) is 0 Å². The minimum atomic E-state index is -1.55. The summed E-state index contributed by atoms with van der Waals surface area (Å²) < 4.78 is 12.0. The van der Waals surface area contributed by atoms with Crippen LogP contribution in [0.3, 0.4) is 0 Å². The average Bonchev–Trinajstić information content (AvgIpc) is 2.95. The third-order valence-electron chi connectivity index (χ3n) is 4.32. The number of ether oxygens (including phenoxy) is 1. The molecule has 0 bridgehead atoms. The van der Waals surface area contributed by atoms with Gasteiger partial charge in [0, 0.05) is 5.39 Å². The van der Waals surface area contributed by atoms with E-state index in [2.05, 4.69) is 76.8 Å². The fourth-order valence-corrected chi connectivity index (χ4v) is 4.27. The van der Waals surface area contributed by atoms with Gasteiger partial charge in [-0.05, 0) is 34.4 Å². The fourth-order valence-electron chi connectivity index (χ4n) is 2.84. The Morgan fingerprint density at radius 2 is 1.54 bits per heavy atom. The molecule has 24 heavy (non-hydrogen) atoms. The average molecular weight is 339 g/mol. The molecule has 0 aliphatic rings. The normalized spacial score (nSPS) is 12.6. The second-order valence-electron chi connectivity index (χ2n) is 8.41. The first-order valence-electron chi connectivity index (χ1n) is 8.45. The van der Waals surface area contributed by atoms with E-state index >= 15 is 0 Å². The summed E-state index contributed by atoms with van der Waals surface area (Å²) in [7, 11) is -1.55. The van der Waals surface area contributed by atoms with Gasteiger partial charge in [-0.25, -0.2) is 0 Å². The first-order chi connectivity index (χ1) is 11.2. The molecule has 2 nitrogen and oxygen atoms in total. The maximum atomic E-state index is 6.32. The van der Waals surface area contributed by atoms with Crippen molar-refractivity contribution >= 4 is 24.2 Å². The Morgan fingerprint density at radius 3 is 2.12 bits per heavy atom. The van der Waals surface area contributed by atoms with Crippen LogP contribution in [0.2, 0.25) is 19.6 Å². The van der Waals surface area contributed by atoms with Crippen LogP contribution in [0.5, 0.6) is 11.5 Å². The van der Waals surface area contributed by atoms with Gasteiger partial charge >= 0.3 is 0 Å². The summed E-state index contributed by atoms with van der Waals surface area (Å²) in [6.45, 7) is 13.6. The van der Waals surface area contributed by atoms with Crippen LogP contribution in [-0.2, 0) is 5.41 Å². The Hall–Kier alpha value is -2.00. The minimum Gasteiger partial charge on any atom is -0.460 e. The van der Waals surface area contributed by atoms with Crippen molar-refractivity contribution in [2.45, 2.75) is 45.8 Å². The third-order valence-corrected chi connectivity index (χ3v) is 6.33. The van der Waals surface area contributed by atoms with Crippen molar-refractivity contribution in [2.75, 3.05) is 0 Å². The number of benzene rings is 2. The molecule has 0 saturated carbocycles. The standard InChI is InChI=1S/C21H26O2Si/c1-21(2,3)16-8-10-17(11-9-16)23-20-18(24(4,5)6)12-7-15-13-14-22-19(15)20/h7-14H,1-6H3. The Balaban J connectivity index is 2.04. The van der Waals surface area contributed by atoms with E-state index in [0.717, 1.165) is 22.5 Å². The Labute approximate surface area is 145 Å². The summed E-state index contributed by atoms with van der Waals surface area (Å²) in [5.41, 5.74) is 2.29. The first kappa shape index (κ1) is 16.8. The summed E-state index contributed by atoms with van der Waals surface area (Å²) in [5.74, 6) is 1.73. The molecule has 0 unspecified atom stereocenters. The molecule has 2 aromatic carbocycles. The zero-order valence-electron chi connectivity index (χ0n) is 15.4. The highest BCUT2D eigenvalue weighted by atomic mass is 28.3. The van der Waals surface area contributed by atoms with Crippen molar-refractivity contribution in [3.8, 4) is 11.5 Å². The van der Waals surface area contributed by atoms with E-state index in [4.69, 9.17) is 9.15 Å². The molecule has 0 saturated heterocycles. The summed E-state index contributed by atoms with van der Waals surface area (Å²) >= 11 is 0. The largest absolute Gasteiger partial charge is 0.460 e. The molecule has 0 amide bonds. The van der Waals surface area contributed by atoms with Gasteiger partial charge in [0.25, 0.3) is 0 Å². The minimum absolute atomic E-state index is 0.142. The van der Waals surface area contributed by atoms with Gasteiger partial charge in [0.15, 0.2) is 11.3 Å². The van der Waals surface area contributed by atoms with Gasteiger partial charge in [0.1, 0.15) is 5.75 Å². The number of furan rings is 1. The second kappa shape index (κ2) is 5.82. The van der Waals surface area contributed by atoms with Crippen molar-refractivity contribution < 1.29 is 9.15 Å². The lowest BCUT2D eigenvalue weighted by molar-refractivity contribution is 0.475. The Morgan fingerprint density at radius 1 is 0.875 bits per heavy atom. The number of fused-ring (bicyclic) bond motifs is 1. The van der Waals surface area contributed by atoms with Gasteiger partial charge in [-0.3, -0.25) is 0 Å². The van der Waals surface area contributed by atoms with Crippen molar-refractivity contribution in [1.82, 2.24) is 0 Å². The molecule has 1 aromatic heterocycles. The van der Waals surface area contributed by atoms with Crippen LogP contribution in [0, 0.1) is 0 Å². The first-order valence-corrected chi connectivity index (χ1v) is 12.0. The Kier molecular flexibility index (Phi) is 4.08. The van der Waals surface area contributed by atoms with Crippen molar-refractivity contribution in [3.05, 3.63) is 54.3 Å². The van der Waals surface area contributed by atoms with Gasteiger partial charge in [0.2, 0.25) is 0 Å². The van der Waals surface area contributed by atoms with E-state index in [1.54, 1.807) is 6.26 Å². The molecule has 0 fully saturated rings. The zero-order chi connectivity index (χ0) is 17.5. The van der Waals surface area contributed by atoms with E-state index in [-0.39, 0.29) is 5.41 Å². The van der Waals surface area contributed by atoms with Gasteiger partial charge < -0.3 is 9.15 Å². The van der Waals surface area contributed by atoms with E-state index in [9.17, 15) is 0 Å². The highest BCUT2D eigenvalue weighted by Gasteiger charge is 2.25. The molecule has 126 valence electrons. The number of rotatable bonds is 3. The number of hydrogen-bond acceptors (Lipinski definition) is 2. The smallest absolute Gasteiger partial charge is 0.176 e. The molecular formula is C21H26O2Si. The lowest BCUT2D eigenvalue weighted by Crippen LogP contribution is -2.38. The highest BCUT2D eigenvalue weighted by molar-refractivity contribution is 6.89. The fraction of sp³-hybridized carbons (Fsp3) is 0.333. The highest BCUT2D eigenvalue weighted by Crippen LogP contribution is 2.32. The van der Waals surface area contributed by atoms with Gasteiger partial charge in [-0.2, -0.15) is 0 Å². The van der Waals surface area contributed by atoms with Crippen LogP contribution in [0.4, 0.5) is 0 Å². The molecule has 0 aliphatic heterocycles. The van der Waals surface area contributed by atoms with Crippen LogP contribution in [-0.4, -0.2) is 8.07 Å². The predicted molar refractivity (Wildman–Crippen MR) is 104 cm³/mol.